The van der Waals surface area contributed by atoms with Gasteiger partial charge in [-0.25, -0.2) is 14.2 Å². The molecule has 0 N–H and O–H groups in total. The Morgan fingerprint density at radius 1 is 1.17 bits per heavy atom. The van der Waals surface area contributed by atoms with Crippen molar-refractivity contribution in [2.75, 3.05) is 0 Å². The molecule has 0 atom stereocenters. The fourth-order valence-electron chi connectivity index (χ4n) is 2.33. The van der Waals surface area contributed by atoms with Crippen LogP contribution in [-0.2, 0) is 9.53 Å². The highest BCUT2D eigenvalue weighted by Crippen LogP contribution is 2.25. The maximum atomic E-state index is 13.8. The zero-order valence-electron chi connectivity index (χ0n) is 13.2. The summed E-state index contributed by atoms with van der Waals surface area (Å²) in [6.07, 6.45) is 1.30. The maximum absolute atomic E-state index is 13.8. The zero-order valence-corrected chi connectivity index (χ0v) is 14.0. The number of carbonyl (C=O) groups is 1. The van der Waals surface area contributed by atoms with Gasteiger partial charge < -0.3 is 4.74 Å². The highest BCUT2D eigenvalue weighted by molar-refractivity contribution is 6.32. The van der Waals surface area contributed by atoms with Crippen molar-refractivity contribution in [1.82, 2.24) is 0 Å². The topological polar surface area (TPSA) is 38.7 Å². The highest BCUT2D eigenvalue weighted by atomic mass is 35.5. The van der Waals surface area contributed by atoms with Crippen LogP contribution in [0.4, 0.5) is 4.39 Å². The fraction of sp³-hybridized carbons (Fsp3) is 0.158. The monoisotopic (exact) mass is 343 g/mol. The third kappa shape index (κ3) is 3.24. The average Bonchev–Trinajstić information content (AvgIpc) is 2.92. The first kappa shape index (κ1) is 16.4. The lowest BCUT2D eigenvalue weighted by atomic mass is 10.0. The van der Waals surface area contributed by atoms with E-state index in [1.165, 1.54) is 23.8 Å². The normalized spacial score (nSPS) is 15.8. The SMILES string of the molecule is CC(C)c1ccc(C2=N/C(=C\c3c(F)cccc3Cl)C(=O)O2)cc1. The standard InChI is InChI=1S/C19H15ClFNO2/c1-11(2)12-6-8-13(9-7-12)18-22-17(19(23)24-18)10-14-15(20)4-3-5-16(14)21/h3-11H,1-2H3/b17-10-. The third-order valence-electron chi connectivity index (χ3n) is 3.73. The molecule has 1 heterocycles. The van der Waals surface area contributed by atoms with Crippen LogP contribution in [0.2, 0.25) is 5.02 Å². The number of halogens is 2. The zero-order chi connectivity index (χ0) is 17.3. The molecule has 1 aliphatic rings. The van der Waals surface area contributed by atoms with Crippen molar-refractivity contribution in [2.45, 2.75) is 19.8 Å². The molecular formula is C19H15ClFNO2. The van der Waals surface area contributed by atoms with Crippen molar-refractivity contribution < 1.29 is 13.9 Å². The van der Waals surface area contributed by atoms with Gasteiger partial charge in [-0.2, -0.15) is 0 Å². The summed E-state index contributed by atoms with van der Waals surface area (Å²) in [6, 6.07) is 11.9. The molecule has 0 saturated carbocycles. The minimum atomic E-state index is -0.628. The smallest absolute Gasteiger partial charge is 0.363 e. The van der Waals surface area contributed by atoms with Gasteiger partial charge in [0, 0.05) is 11.1 Å². The van der Waals surface area contributed by atoms with E-state index in [2.05, 4.69) is 18.8 Å². The number of hydrogen-bond donors (Lipinski definition) is 0. The van der Waals surface area contributed by atoms with E-state index in [-0.39, 0.29) is 22.2 Å². The fourth-order valence-corrected chi connectivity index (χ4v) is 2.55. The van der Waals surface area contributed by atoms with Crippen LogP contribution in [-0.4, -0.2) is 11.9 Å². The Morgan fingerprint density at radius 3 is 2.50 bits per heavy atom. The van der Waals surface area contributed by atoms with E-state index in [0.717, 1.165) is 0 Å². The van der Waals surface area contributed by atoms with Gasteiger partial charge in [0.25, 0.3) is 0 Å². The molecule has 0 aliphatic carbocycles. The molecule has 24 heavy (non-hydrogen) atoms. The molecule has 0 amide bonds. The van der Waals surface area contributed by atoms with Crippen molar-refractivity contribution in [3.8, 4) is 0 Å². The Kier molecular flexibility index (Phi) is 4.49. The molecule has 0 unspecified atom stereocenters. The summed E-state index contributed by atoms with van der Waals surface area (Å²) in [5.74, 6) is -0.537. The molecule has 0 saturated heterocycles. The minimum Gasteiger partial charge on any atom is -0.402 e. The number of cyclic esters (lactones) is 1. The van der Waals surface area contributed by atoms with Gasteiger partial charge in [-0.1, -0.05) is 43.6 Å². The molecule has 2 aromatic rings. The van der Waals surface area contributed by atoms with Crippen LogP contribution in [0, 0.1) is 5.82 Å². The average molecular weight is 344 g/mol. The Bertz CT molecular complexity index is 834. The lowest BCUT2D eigenvalue weighted by Gasteiger charge is -2.05. The molecular weight excluding hydrogens is 329 g/mol. The van der Waals surface area contributed by atoms with E-state index in [9.17, 15) is 9.18 Å². The Balaban J connectivity index is 1.94. The van der Waals surface area contributed by atoms with E-state index < -0.39 is 11.8 Å². The predicted molar refractivity (Wildman–Crippen MR) is 92.5 cm³/mol. The summed E-state index contributed by atoms with van der Waals surface area (Å²) in [4.78, 5) is 16.2. The maximum Gasteiger partial charge on any atom is 0.363 e. The number of hydrogen-bond acceptors (Lipinski definition) is 3. The van der Waals surface area contributed by atoms with E-state index in [1.807, 2.05) is 24.3 Å². The summed E-state index contributed by atoms with van der Waals surface area (Å²) in [5.41, 5.74) is 2.00. The minimum absolute atomic E-state index is 0.0185. The van der Waals surface area contributed by atoms with Gasteiger partial charge in [-0.3, -0.25) is 0 Å². The second-order valence-electron chi connectivity index (χ2n) is 5.75. The molecule has 3 rings (SSSR count). The largest absolute Gasteiger partial charge is 0.402 e. The van der Waals surface area contributed by atoms with Crippen LogP contribution in [0.3, 0.4) is 0 Å². The molecule has 0 aromatic heterocycles. The van der Waals surface area contributed by atoms with Crippen LogP contribution in [0.25, 0.3) is 6.08 Å². The quantitative estimate of drug-likeness (QED) is 0.584. The molecule has 0 bridgehead atoms. The number of aliphatic imine (C=N–C) groups is 1. The molecule has 2 aromatic carbocycles. The van der Waals surface area contributed by atoms with Gasteiger partial charge in [0.2, 0.25) is 5.90 Å². The summed E-state index contributed by atoms with van der Waals surface area (Å²) < 4.78 is 19.0. The number of ether oxygens (including phenoxy) is 1. The van der Waals surface area contributed by atoms with Gasteiger partial charge in [0.15, 0.2) is 5.70 Å². The first-order valence-corrected chi connectivity index (χ1v) is 7.90. The lowest BCUT2D eigenvalue weighted by molar-refractivity contribution is -0.129. The molecule has 0 spiro atoms. The van der Waals surface area contributed by atoms with Gasteiger partial charge >= 0.3 is 5.97 Å². The van der Waals surface area contributed by atoms with Gasteiger partial charge in [0.1, 0.15) is 5.82 Å². The number of rotatable bonds is 3. The van der Waals surface area contributed by atoms with Crippen LogP contribution in [0.5, 0.6) is 0 Å². The van der Waals surface area contributed by atoms with Crippen molar-refractivity contribution >= 4 is 29.5 Å². The second kappa shape index (κ2) is 6.57. The Labute approximate surface area is 144 Å². The molecule has 0 fully saturated rings. The lowest BCUT2D eigenvalue weighted by Crippen LogP contribution is -2.05. The third-order valence-corrected chi connectivity index (χ3v) is 4.06. The Hall–Kier alpha value is -2.46. The number of esters is 1. The molecule has 3 nitrogen and oxygen atoms in total. The summed E-state index contributed by atoms with van der Waals surface area (Å²) in [7, 11) is 0. The van der Waals surface area contributed by atoms with Gasteiger partial charge in [-0.15, -0.1) is 0 Å². The van der Waals surface area contributed by atoms with E-state index >= 15 is 0 Å². The van der Waals surface area contributed by atoms with Crippen LogP contribution in [0.1, 0.15) is 36.5 Å². The summed E-state index contributed by atoms with van der Waals surface area (Å²) >= 11 is 5.97. The van der Waals surface area contributed by atoms with Crippen molar-refractivity contribution in [2.24, 2.45) is 4.99 Å². The van der Waals surface area contributed by atoms with Crippen molar-refractivity contribution in [3.05, 3.63) is 75.7 Å². The first-order valence-electron chi connectivity index (χ1n) is 7.52. The van der Waals surface area contributed by atoms with E-state index in [4.69, 9.17) is 16.3 Å². The van der Waals surface area contributed by atoms with E-state index in [0.29, 0.717) is 11.5 Å². The Morgan fingerprint density at radius 2 is 1.88 bits per heavy atom. The number of benzene rings is 2. The van der Waals surface area contributed by atoms with E-state index in [1.54, 1.807) is 6.07 Å². The number of nitrogens with zero attached hydrogens (tertiary/aromatic N) is 1. The highest BCUT2D eigenvalue weighted by Gasteiger charge is 2.25. The second-order valence-corrected chi connectivity index (χ2v) is 6.16. The van der Waals surface area contributed by atoms with Gasteiger partial charge in [0.05, 0.1) is 5.02 Å². The number of carbonyl (C=O) groups excluding carboxylic acids is 1. The molecule has 5 heteroatoms. The first-order chi connectivity index (χ1) is 11.5. The predicted octanol–water partition coefficient (Wildman–Crippen LogP) is 4.95. The summed E-state index contributed by atoms with van der Waals surface area (Å²) in [6.45, 7) is 4.20. The van der Waals surface area contributed by atoms with Crippen LogP contribution >= 0.6 is 11.6 Å². The van der Waals surface area contributed by atoms with Crippen molar-refractivity contribution in [1.29, 1.82) is 0 Å². The molecule has 0 radical (unpaired) electrons. The van der Waals surface area contributed by atoms with Crippen molar-refractivity contribution in [3.63, 3.8) is 0 Å². The summed E-state index contributed by atoms with van der Waals surface area (Å²) in [5, 5.41) is 0.209. The van der Waals surface area contributed by atoms with Gasteiger partial charge in [-0.05, 0) is 41.8 Å². The molecule has 1 aliphatic heterocycles. The van der Waals surface area contributed by atoms with Crippen LogP contribution in [0.15, 0.2) is 53.2 Å². The van der Waals surface area contributed by atoms with Crippen LogP contribution < -0.4 is 0 Å². The molecule has 122 valence electrons.